The first-order valence-electron chi connectivity index (χ1n) is 7.39. The lowest BCUT2D eigenvalue weighted by Crippen LogP contribution is -2.28. The molecular formula is C18H18FNO4. The van der Waals surface area contributed by atoms with E-state index in [9.17, 15) is 14.0 Å². The molecule has 0 unspecified atom stereocenters. The molecule has 24 heavy (non-hydrogen) atoms. The minimum absolute atomic E-state index is 0.0616. The van der Waals surface area contributed by atoms with E-state index in [0.29, 0.717) is 22.4 Å². The summed E-state index contributed by atoms with van der Waals surface area (Å²) in [4.78, 5) is 22.3. The zero-order valence-corrected chi connectivity index (χ0v) is 13.2. The van der Waals surface area contributed by atoms with Crippen LogP contribution in [0.3, 0.4) is 0 Å². The van der Waals surface area contributed by atoms with E-state index in [0.717, 1.165) is 0 Å². The summed E-state index contributed by atoms with van der Waals surface area (Å²) in [5, 5.41) is 11.3. The molecule has 0 aliphatic heterocycles. The van der Waals surface area contributed by atoms with Gasteiger partial charge in [0.15, 0.2) is 6.61 Å². The molecule has 0 aliphatic rings. The lowest BCUT2D eigenvalue weighted by molar-refractivity contribution is -0.136. The summed E-state index contributed by atoms with van der Waals surface area (Å²) in [6.45, 7) is 1.72. The maximum Gasteiger partial charge on any atom is 0.307 e. The van der Waals surface area contributed by atoms with Crippen molar-refractivity contribution in [2.24, 2.45) is 0 Å². The van der Waals surface area contributed by atoms with Gasteiger partial charge in [0.2, 0.25) is 0 Å². The van der Waals surface area contributed by atoms with Gasteiger partial charge in [-0.1, -0.05) is 24.3 Å². The zero-order valence-electron chi connectivity index (χ0n) is 13.2. The Balaban J connectivity index is 1.78. The first kappa shape index (κ1) is 17.5. The van der Waals surface area contributed by atoms with E-state index >= 15 is 0 Å². The second-order valence-corrected chi connectivity index (χ2v) is 5.36. The van der Waals surface area contributed by atoms with Crippen LogP contribution in [0.5, 0.6) is 5.75 Å². The molecule has 126 valence electrons. The number of hydrogen-bond donors (Lipinski definition) is 2. The Morgan fingerprint density at radius 1 is 1.12 bits per heavy atom. The molecule has 2 aromatic carbocycles. The van der Waals surface area contributed by atoms with Crippen molar-refractivity contribution in [3.8, 4) is 5.75 Å². The predicted octanol–water partition coefficient (Wildman–Crippen LogP) is 2.46. The van der Waals surface area contributed by atoms with Gasteiger partial charge in [0, 0.05) is 6.54 Å². The minimum Gasteiger partial charge on any atom is -0.484 e. The molecule has 0 spiro atoms. The van der Waals surface area contributed by atoms with Crippen molar-refractivity contribution in [1.29, 1.82) is 0 Å². The smallest absolute Gasteiger partial charge is 0.307 e. The van der Waals surface area contributed by atoms with Gasteiger partial charge >= 0.3 is 5.97 Å². The normalized spacial score (nSPS) is 10.2. The molecule has 0 saturated heterocycles. The monoisotopic (exact) mass is 331 g/mol. The fraction of sp³-hybridized carbons (Fsp3) is 0.222. The molecule has 2 aromatic rings. The van der Waals surface area contributed by atoms with Crippen molar-refractivity contribution in [3.05, 3.63) is 65.0 Å². The van der Waals surface area contributed by atoms with Crippen LogP contribution in [0.15, 0.2) is 42.5 Å². The van der Waals surface area contributed by atoms with Crippen LogP contribution in [0.4, 0.5) is 4.39 Å². The highest BCUT2D eigenvalue weighted by Gasteiger charge is 2.05. The first-order chi connectivity index (χ1) is 11.4. The molecule has 0 aromatic heterocycles. The molecule has 2 N–H and O–H groups in total. The van der Waals surface area contributed by atoms with Gasteiger partial charge in [-0.15, -0.1) is 0 Å². The van der Waals surface area contributed by atoms with Crippen LogP contribution >= 0.6 is 0 Å². The van der Waals surface area contributed by atoms with E-state index < -0.39 is 5.97 Å². The molecule has 0 bridgehead atoms. The van der Waals surface area contributed by atoms with Crippen molar-refractivity contribution in [3.63, 3.8) is 0 Å². The summed E-state index contributed by atoms with van der Waals surface area (Å²) in [5.74, 6) is -1.07. The Morgan fingerprint density at radius 3 is 2.42 bits per heavy atom. The Labute approximate surface area is 139 Å². The van der Waals surface area contributed by atoms with Gasteiger partial charge in [0.05, 0.1) is 6.42 Å². The molecular weight excluding hydrogens is 313 g/mol. The quantitative estimate of drug-likeness (QED) is 0.817. The van der Waals surface area contributed by atoms with E-state index in [-0.39, 0.29) is 31.3 Å². The number of amides is 1. The SMILES string of the molecule is Cc1ccc(CNC(=O)COc2ccc(CC(=O)O)cc2)cc1F. The van der Waals surface area contributed by atoms with Crippen molar-refractivity contribution in [2.45, 2.75) is 19.9 Å². The number of halogens is 1. The lowest BCUT2D eigenvalue weighted by atomic mass is 10.1. The number of nitrogens with one attached hydrogen (secondary N) is 1. The Morgan fingerprint density at radius 2 is 1.79 bits per heavy atom. The molecule has 0 heterocycles. The Hall–Kier alpha value is -2.89. The number of carboxylic acids is 1. The van der Waals surface area contributed by atoms with Gasteiger partial charge in [0.1, 0.15) is 11.6 Å². The van der Waals surface area contributed by atoms with Gasteiger partial charge in [0.25, 0.3) is 5.91 Å². The molecule has 0 aliphatic carbocycles. The number of aliphatic carboxylic acids is 1. The van der Waals surface area contributed by atoms with Crippen LogP contribution in [-0.2, 0) is 22.6 Å². The van der Waals surface area contributed by atoms with Crippen molar-refractivity contribution >= 4 is 11.9 Å². The molecule has 6 heteroatoms. The van der Waals surface area contributed by atoms with E-state index in [2.05, 4.69) is 5.32 Å². The van der Waals surface area contributed by atoms with E-state index in [4.69, 9.17) is 9.84 Å². The number of ether oxygens (including phenoxy) is 1. The average molecular weight is 331 g/mol. The van der Waals surface area contributed by atoms with Gasteiger partial charge in [-0.25, -0.2) is 4.39 Å². The molecule has 0 saturated carbocycles. The fourth-order valence-electron chi connectivity index (χ4n) is 2.03. The molecule has 1 amide bonds. The van der Waals surface area contributed by atoms with Crippen LogP contribution < -0.4 is 10.1 Å². The van der Waals surface area contributed by atoms with Gasteiger partial charge in [-0.2, -0.15) is 0 Å². The summed E-state index contributed by atoms with van der Waals surface area (Å²) in [5.41, 5.74) is 1.88. The number of rotatable bonds is 7. The second kappa shape index (κ2) is 8.10. The van der Waals surface area contributed by atoms with Gasteiger partial charge in [-0.05, 0) is 41.8 Å². The lowest BCUT2D eigenvalue weighted by Gasteiger charge is -2.08. The van der Waals surface area contributed by atoms with Gasteiger partial charge < -0.3 is 15.2 Å². The number of hydrogen-bond acceptors (Lipinski definition) is 3. The summed E-state index contributed by atoms with van der Waals surface area (Å²) >= 11 is 0. The van der Waals surface area contributed by atoms with Crippen LogP contribution in [0.2, 0.25) is 0 Å². The largest absolute Gasteiger partial charge is 0.484 e. The van der Waals surface area contributed by atoms with E-state index in [1.165, 1.54) is 6.07 Å². The third-order valence-electron chi connectivity index (χ3n) is 3.37. The van der Waals surface area contributed by atoms with Crippen LogP contribution in [0, 0.1) is 12.7 Å². The third-order valence-corrected chi connectivity index (χ3v) is 3.37. The maximum absolute atomic E-state index is 13.4. The van der Waals surface area contributed by atoms with Crippen molar-refractivity contribution in [2.75, 3.05) is 6.61 Å². The highest BCUT2D eigenvalue weighted by molar-refractivity contribution is 5.77. The van der Waals surface area contributed by atoms with Crippen LogP contribution in [0.25, 0.3) is 0 Å². The first-order valence-corrected chi connectivity index (χ1v) is 7.39. The highest BCUT2D eigenvalue weighted by atomic mass is 19.1. The standard InChI is InChI=1S/C18H18FNO4/c1-12-2-3-14(8-16(12)19)10-20-17(21)11-24-15-6-4-13(5-7-15)9-18(22)23/h2-8H,9-11H2,1H3,(H,20,21)(H,22,23). The highest BCUT2D eigenvalue weighted by Crippen LogP contribution is 2.13. The number of aryl methyl sites for hydroxylation is 1. The third kappa shape index (κ3) is 5.39. The average Bonchev–Trinajstić information content (AvgIpc) is 2.55. The number of benzene rings is 2. The van der Waals surface area contributed by atoms with Gasteiger partial charge in [-0.3, -0.25) is 9.59 Å². The molecule has 0 fully saturated rings. The van der Waals surface area contributed by atoms with Crippen LogP contribution in [0.1, 0.15) is 16.7 Å². The topological polar surface area (TPSA) is 75.6 Å². The minimum atomic E-state index is -0.907. The van der Waals surface area contributed by atoms with E-state index in [1.54, 1.807) is 43.3 Å². The molecule has 2 rings (SSSR count). The number of carbonyl (C=O) groups is 2. The summed E-state index contributed by atoms with van der Waals surface area (Å²) in [7, 11) is 0. The predicted molar refractivity (Wildman–Crippen MR) is 86.3 cm³/mol. The summed E-state index contributed by atoms with van der Waals surface area (Å²) < 4.78 is 18.7. The second-order valence-electron chi connectivity index (χ2n) is 5.36. The summed E-state index contributed by atoms with van der Waals surface area (Å²) in [6, 6.07) is 11.3. The fourth-order valence-corrected chi connectivity index (χ4v) is 2.03. The van der Waals surface area contributed by atoms with Crippen molar-refractivity contribution < 1.29 is 23.8 Å². The molecule has 5 nitrogen and oxygen atoms in total. The number of carbonyl (C=O) groups excluding carboxylic acids is 1. The maximum atomic E-state index is 13.4. The Kier molecular flexibility index (Phi) is 5.89. The molecule has 0 atom stereocenters. The summed E-state index contributed by atoms with van der Waals surface area (Å²) in [6.07, 6.45) is -0.0616. The zero-order chi connectivity index (χ0) is 17.5. The van der Waals surface area contributed by atoms with E-state index in [1.807, 2.05) is 0 Å². The molecule has 0 radical (unpaired) electrons. The van der Waals surface area contributed by atoms with Crippen LogP contribution in [-0.4, -0.2) is 23.6 Å². The number of carboxylic acid groups (broad SMARTS) is 1. The van der Waals surface area contributed by atoms with Crippen molar-refractivity contribution in [1.82, 2.24) is 5.32 Å². The Bertz CT molecular complexity index is 728.